The van der Waals surface area contributed by atoms with Crippen molar-refractivity contribution in [2.75, 3.05) is 36.9 Å². The zero-order valence-electron chi connectivity index (χ0n) is 20.4. The summed E-state index contributed by atoms with van der Waals surface area (Å²) in [5.41, 5.74) is -0.247. The van der Waals surface area contributed by atoms with Gasteiger partial charge in [-0.05, 0) is 43.9 Å². The minimum Gasteiger partial charge on any atom is -0.477 e. The molecule has 39 heavy (non-hydrogen) atoms. The highest BCUT2D eigenvalue weighted by molar-refractivity contribution is 7.10. The zero-order valence-corrected chi connectivity index (χ0v) is 21.3. The molecule has 0 spiro atoms. The summed E-state index contributed by atoms with van der Waals surface area (Å²) in [6, 6.07) is 3.09. The molecule has 1 atom stereocenters. The summed E-state index contributed by atoms with van der Waals surface area (Å²) >= 11 is 0.932. The Kier molecular flexibility index (Phi) is 8.54. The van der Waals surface area contributed by atoms with E-state index >= 15 is 0 Å². The molecule has 3 aromatic heterocycles. The number of likely N-dealkylation sites (tertiary alicyclic amines) is 1. The Morgan fingerprint density at radius 2 is 1.92 bits per heavy atom. The quantitative estimate of drug-likeness (QED) is 0.349. The van der Waals surface area contributed by atoms with E-state index in [9.17, 15) is 31.1 Å². The van der Waals surface area contributed by atoms with E-state index in [0.717, 1.165) is 24.2 Å². The third-order valence-electron chi connectivity index (χ3n) is 5.74. The molecule has 9 nitrogen and oxygen atoms in total. The van der Waals surface area contributed by atoms with E-state index in [2.05, 4.69) is 30.0 Å². The molecule has 0 radical (unpaired) electrons. The summed E-state index contributed by atoms with van der Waals surface area (Å²) in [7, 11) is 0. The first-order valence-electron chi connectivity index (χ1n) is 11.7. The van der Waals surface area contributed by atoms with Crippen molar-refractivity contribution in [3.8, 4) is 5.88 Å². The van der Waals surface area contributed by atoms with Crippen LogP contribution in [0.15, 0.2) is 30.7 Å². The maximum Gasteiger partial charge on any atom is 0.434 e. The molecule has 3 aromatic rings. The number of carbonyl (C=O) groups excluding carboxylic acids is 1. The average molecular weight is 576 g/mol. The average Bonchev–Trinajstić information content (AvgIpc) is 3.22. The van der Waals surface area contributed by atoms with Gasteiger partial charge in [0.2, 0.25) is 5.88 Å². The number of carbonyl (C=O) groups is 1. The lowest BCUT2D eigenvalue weighted by Gasteiger charge is -2.32. The number of hydrogen-bond acceptors (Lipinski definition) is 9. The van der Waals surface area contributed by atoms with Crippen molar-refractivity contribution in [1.29, 1.82) is 0 Å². The van der Waals surface area contributed by atoms with Crippen LogP contribution in [-0.4, -0.2) is 62.6 Å². The van der Waals surface area contributed by atoms with Gasteiger partial charge in [0, 0.05) is 18.5 Å². The molecular formula is C23H23F6N7O2S. The molecule has 1 amide bonds. The third kappa shape index (κ3) is 7.98. The molecule has 4 rings (SSSR count). The van der Waals surface area contributed by atoms with E-state index in [0.29, 0.717) is 30.5 Å². The van der Waals surface area contributed by atoms with Gasteiger partial charge in [-0.1, -0.05) is 0 Å². The lowest BCUT2D eigenvalue weighted by atomic mass is 9.99. The Labute approximate surface area is 222 Å². The number of halogens is 6. The molecule has 1 saturated heterocycles. The fourth-order valence-corrected chi connectivity index (χ4v) is 4.80. The Bertz CT molecular complexity index is 1270. The minimum atomic E-state index is -4.63. The summed E-state index contributed by atoms with van der Waals surface area (Å²) in [5, 5.41) is 5.70. The largest absolute Gasteiger partial charge is 0.477 e. The van der Waals surface area contributed by atoms with E-state index in [4.69, 9.17) is 4.74 Å². The van der Waals surface area contributed by atoms with Crippen LogP contribution in [-0.2, 0) is 6.18 Å². The van der Waals surface area contributed by atoms with Crippen LogP contribution in [0.2, 0.25) is 0 Å². The summed E-state index contributed by atoms with van der Waals surface area (Å²) in [6.45, 7) is 1.57. The number of piperidine rings is 1. The van der Waals surface area contributed by atoms with Crippen molar-refractivity contribution >= 4 is 33.9 Å². The van der Waals surface area contributed by atoms with Crippen molar-refractivity contribution in [2.24, 2.45) is 5.92 Å². The minimum absolute atomic E-state index is 0.00311. The third-order valence-corrected chi connectivity index (χ3v) is 6.59. The Morgan fingerprint density at radius 1 is 1.13 bits per heavy atom. The number of aromatic nitrogens is 4. The molecule has 0 bridgehead atoms. The number of amides is 1. The first-order chi connectivity index (χ1) is 18.4. The lowest BCUT2D eigenvalue weighted by molar-refractivity contribution is -0.150. The number of aryl methyl sites for hydroxylation is 1. The Hall–Kier alpha value is -3.53. The monoisotopic (exact) mass is 575 g/mol. The van der Waals surface area contributed by atoms with Crippen LogP contribution in [0.5, 0.6) is 5.88 Å². The normalized spacial score (nSPS) is 16.6. The molecule has 0 aliphatic carbocycles. The first kappa shape index (κ1) is 28.5. The number of ether oxygens (including phenoxy) is 1. The maximum atomic E-state index is 12.9. The number of alkyl halides is 6. The van der Waals surface area contributed by atoms with Crippen molar-refractivity contribution in [2.45, 2.75) is 32.1 Å². The second-order valence-electron chi connectivity index (χ2n) is 8.89. The van der Waals surface area contributed by atoms with Crippen LogP contribution in [0.4, 0.5) is 42.8 Å². The van der Waals surface area contributed by atoms with E-state index in [-0.39, 0.29) is 41.3 Å². The number of hydrogen-bond donors (Lipinski definition) is 2. The lowest BCUT2D eigenvalue weighted by Crippen LogP contribution is -2.42. The number of anilines is 3. The predicted molar refractivity (Wildman–Crippen MR) is 130 cm³/mol. The SMILES string of the molecule is Cc1nsc(Nc2cnc(C(F)(F)F)cn2)c1C(=O)Nc1ccc(OC[C@@H]2CCCN(CC(F)(F)F)C2)nc1. The van der Waals surface area contributed by atoms with Gasteiger partial charge >= 0.3 is 12.4 Å². The van der Waals surface area contributed by atoms with Crippen molar-refractivity contribution < 1.29 is 35.9 Å². The summed E-state index contributed by atoms with van der Waals surface area (Å²) in [6.07, 6.45) is -4.60. The molecule has 2 N–H and O–H groups in total. The van der Waals surface area contributed by atoms with E-state index in [1.807, 2.05) is 0 Å². The van der Waals surface area contributed by atoms with E-state index < -0.39 is 30.5 Å². The van der Waals surface area contributed by atoms with Gasteiger partial charge in [0.1, 0.15) is 10.8 Å². The zero-order chi connectivity index (χ0) is 28.2. The fourth-order valence-electron chi connectivity index (χ4n) is 4.00. The van der Waals surface area contributed by atoms with Gasteiger partial charge in [-0.15, -0.1) is 0 Å². The molecule has 16 heteroatoms. The van der Waals surface area contributed by atoms with Crippen molar-refractivity contribution in [3.05, 3.63) is 47.7 Å². The highest BCUT2D eigenvalue weighted by Gasteiger charge is 2.34. The number of rotatable bonds is 8. The second kappa shape index (κ2) is 11.7. The Balaban J connectivity index is 1.33. The van der Waals surface area contributed by atoms with Crippen LogP contribution in [0.1, 0.15) is 34.6 Å². The molecular weight excluding hydrogens is 552 g/mol. The van der Waals surface area contributed by atoms with Crippen LogP contribution < -0.4 is 15.4 Å². The Morgan fingerprint density at radius 3 is 2.56 bits per heavy atom. The van der Waals surface area contributed by atoms with E-state index in [1.54, 1.807) is 13.0 Å². The number of pyridine rings is 1. The van der Waals surface area contributed by atoms with E-state index in [1.165, 1.54) is 17.2 Å². The number of nitrogens with one attached hydrogen (secondary N) is 2. The molecule has 4 heterocycles. The van der Waals surface area contributed by atoms with Crippen LogP contribution >= 0.6 is 11.5 Å². The maximum absolute atomic E-state index is 12.9. The van der Waals surface area contributed by atoms with Gasteiger partial charge in [0.05, 0.1) is 48.7 Å². The van der Waals surface area contributed by atoms with Gasteiger partial charge in [-0.2, -0.15) is 30.7 Å². The van der Waals surface area contributed by atoms with Gasteiger partial charge in [-0.3, -0.25) is 9.69 Å². The molecule has 1 aliphatic heterocycles. The van der Waals surface area contributed by atoms with Crippen LogP contribution in [0.3, 0.4) is 0 Å². The summed E-state index contributed by atoms with van der Waals surface area (Å²) in [4.78, 5) is 25.5. The van der Waals surface area contributed by atoms with Gasteiger partial charge in [-0.25, -0.2) is 15.0 Å². The highest BCUT2D eigenvalue weighted by Crippen LogP contribution is 2.30. The van der Waals surface area contributed by atoms with Gasteiger partial charge in [0.15, 0.2) is 5.69 Å². The van der Waals surface area contributed by atoms with Crippen molar-refractivity contribution in [3.63, 3.8) is 0 Å². The highest BCUT2D eigenvalue weighted by atomic mass is 32.1. The van der Waals surface area contributed by atoms with Gasteiger partial charge in [0.25, 0.3) is 5.91 Å². The number of nitrogens with zero attached hydrogens (tertiary/aromatic N) is 5. The van der Waals surface area contributed by atoms with Crippen LogP contribution in [0, 0.1) is 12.8 Å². The van der Waals surface area contributed by atoms with Crippen LogP contribution in [0.25, 0.3) is 0 Å². The van der Waals surface area contributed by atoms with Crippen molar-refractivity contribution in [1.82, 2.24) is 24.2 Å². The van der Waals surface area contributed by atoms with Gasteiger partial charge < -0.3 is 15.4 Å². The molecule has 1 aliphatic rings. The topological polar surface area (TPSA) is 105 Å². The predicted octanol–water partition coefficient (Wildman–Crippen LogP) is 5.30. The molecule has 1 fully saturated rings. The molecule has 0 unspecified atom stereocenters. The smallest absolute Gasteiger partial charge is 0.434 e. The summed E-state index contributed by atoms with van der Waals surface area (Å²) in [5.74, 6) is -0.330. The standard InChI is InChI=1S/C23H23F6N7O2S/c1-13-19(21(39-35-13)34-17-9-30-16(8-31-17)23(27,28)29)20(37)33-15-4-5-18(32-7-15)38-11-14-3-2-6-36(10-14)12-22(24,25)26/h4-5,7-9,14H,2-3,6,10-12H2,1H3,(H,31,34)(H,33,37)/t14-/m1/s1. The second-order valence-corrected chi connectivity index (χ2v) is 9.66. The summed E-state index contributed by atoms with van der Waals surface area (Å²) < 4.78 is 85.9. The molecule has 210 valence electrons. The first-order valence-corrected chi connectivity index (χ1v) is 12.5. The fraction of sp³-hybridized carbons (Fsp3) is 0.435. The molecule has 0 saturated carbocycles. The molecule has 0 aromatic carbocycles.